The Morgan fingerprint density at radius 3 is 2.53 bits per heavy atom. The molecule has 2 aliphatic rings. The fraction of sp³-hybridized carbons (Fsp3) is 0.455. The third-order valence-electron chi connectivity index (χ3n) is 6.06. The van der Waals surface area contributed by atoms with Crippen LogP contribution in [0.25, 0.3) is 10.9 Å². The van der Waals surface area contributed by atoms with Gasteiger partial charge in [0.15, 0.2) is 5.82 Å². The molecule has 6 nitrogen and oxygen atoms in total. The highest BCUT2D eigenvalue weighted by Crippen LogP contribution is 2.38. The molecule has 30 heavy (non-hydrogen) atoms. The number of aromatic nitrogens is 4. The largest absolute Gasteiger partial charge is 0.356 e. The van der Waals surface area contributed by atoms with Crippen molar-refractivity contribution in [1.29, 1.82) is 0 Å². The van der Waals surface area contributed by atoms with Gasteiger partial charge < -0.3 is 4.90 Å². The van der Waals surface area contributed by atoms with Crippen LogP contribution >= 0.6 is 0 Å². The van der Waals surface area contributed by atoms with E-state index in [1.165, 1.54) is 0 Å². The maximum atomic E-state index is 13.3. The average Bonchev–Trinajstić information content (AvgIpc) is 3.60. The summed E-state index contributed by atoms with van der Waals surface area (Å²) in [6, 6.07) is 8.95. The highest BCUT2D eigenvalue weighted by Gasteiger charge is 2.27. The molecule has 1 aliphatic heterocycles. The van der Waals surface area contributed by atoms with Crippen LogP contribution in [0, 0.1) is 5.92 Å². The van der Waals surface area contributed by atoms with Gasteiger partial charge in [-0.25, -0.2) is 23.7 Å². The predicted molar refractivity (Wildman–Crippen MR) is 110 cm³/mol. The lowest BCUT2D eigenvalue weighted by atomic mass is 9.96. The number of benzene rings is 1. The molecule has 5 rings (SSSR count). The lowest BCUT2D eigenvalue weighted by Crippen LogP contribution is -2.37. The molecular formula is C22H23F2N5O. The van der Waals surface area contributed by atoms with E-state index in [1.54, 1.807) is 29.1 Å². The second kappa shape index (κ2) is 7.74. The second-order valence-corrected chi connectivity index (χ2v) is 8.23. The van der Waals surface area contributed by atoms with Crippen molar-refractivity contribution in [3.8, 4) is 0 Å². The molecule has 156 valence electrons. The van der Waals surface area contributed by atoms with Crippen LogP contribution in [0.4, 0.5) is 14.6 Å². The molecule has 1 saturated carbocycles. The van der Waals surface area contributed by atoms with Gasteiger partial charge >= 0.3 is 0 Å². The number of piperidine rings is 1. The Bertz CT molecular complexity index is 1120. The van der Waals surface area contributed by atoms with Gasteiger partial charge in [0.05, 0.1) is 17.5 Å². The summed E-state index contributed by atoms with van der Waals surface area (Å²) in [4.78, 5) is 27.1. The Hall–Kier alpha value is -2.90. The van der Waals surface area contributed by atoms with Crippen LogP contribution in [-0.2, 0) is 6.54 Å². The second-order valence-electron chi connectivity index (χ2n) is 8.23. The lowest BCUT2D eigenvalue weighted by Gasteiger charge is -2.33. The number of fused-ring (bicyclic) bond motifs is 1. The number of alkyl halides is 2. The van der Waals surface area contributed by atoms with Crippen molar-refractivity contribution in [2.75, 3.05) is 18.0 Å². The number of rotatable bonds is 5. The van der Waals surface area contributed by atoms with Crippen molar-refractivity contribution < 1.29 is 8.78 Å². The van der Waals surface area contributed by atoms with Crippen molar-refractivity contribution in [2.24, 2.45) is 5.92 Å². The highest BCUT2D eigenvalue weighted by molar-refractivity contribution is 5.89. The minimum atomic E-state index is -2.70. The average molecular weight is 411 g/mol. The maximum Gasteiger partial charge on any atom is 0.297 e. The van der Waals surface area contributed by atoms with Gasteiger partial charge in [-0.15, -0.1) is 0 Å². The molecule has 3 heterocycles. The molecule has 1 aliphatic carbocycles. The van der Waals surface area contributed by atoms with Crippen LogP contribution < -0.4 is 10.5 Å². The van der Waals surface area contributed by atoms with Crippen molar-refractivity contribution in [3.05, 3.63) is 58.5 Å². The van der Waals surface area contributed by atoms with Gasteiger partial charge in [0.1, 0.15) is 5.82 Å². The van der Waals surface area contributed by atoms with E-state index in [-0.39, 0.29) is 5.56 Å². The van der Waals surface area contributed by atoms with Gasteiger partial charge in [-0.3, -0.25) is 9.36 Å². The topological polar surface area (TPSA) is 63.9 Å². The molecular weight excluding hydrogens is 388 g/mol. The molecule has 0 radical (unpaired) electrons. The summed E-state index contributed by atoms with van der Waals surface area (Å²) in [5.41, 5.74) is 1.46. The monoisotopic (exact) mass is 411 g/mol. The summed E-state index contributed by atoms with van der Waals surface area (Å²) < 4.78 is 28.3. The number of hydrogen-bond donors (Lipinski definition) is 0. The minimum absolute atomic E-state index is 0.0118. The number of halogens is 2. The highest BCUT2D eigenvalue weighted by atomic mass is 19.3. The molecule has 1 saturated heterocycles. The molecule has 0 N–H and O–H groups in total. The van der Waals surface area contributed by atoms with Gasteiger partial charge in [-0.1, -0.05) is 12.1 Å². The predicted octanol–water partition coefficient (Wildman–Crippen LogP) is 3.92. The summed E-state index contributed by atoms with van der Waals surface area (Å²) in [6.45, 7) is 2.05. The summed E-state index contributed by atoms with van der Waals surface area (Å²) in [5, 5.41) is 0.788. The zero-order valence-corrected chi connectivity index (χ0v) is 16.5. The Morgan fingerprint density at radius 1 is 1.07 bits per heavy atom. The van der Waals surface area contributed by atoms with Crippen molar-refractivity contribution in [3.63, 3.8) is 0 Å². The van der Waals surface area contributed by atoms with E-state index in [4.69, 9.17) is 0 Å². The zero-order chi connectivity index (χ0) is 20.7. The van der Waals surface area contributed by atoms with Crippen LogP contribution in [0.5, 0.6) is 0 Å². The van der Waals surface area contributed by atoms with E-state index in [2.05, 4.69) is 19.9 Å². The van der Waals surface area contributed by atoms with E-state index in [0.717, 1.165) is 36.8 Å². The SMILES string of the molecule is O=c1cc(C2CC2)ncn1CC1CCN(c2nc(C(F)F)nc3ccccc23)CC1. The quantitative estimate of drug-likeness (QED) is 0.637. The fourth-order valence-corrected chi connectivity index (χ4v) is 4.20. The van der Waals surface area contributed by atoms with E-state index >= 15 is 0 Å². The molecule has 3 aromatic rings. The molecule has 0 unspecified atom stereocenters. The van der Waals surface area contributed by atoms with E-state index in [1.807, 2.05) is 12.1 Å². The van der Waals surface area contributed by atoms with Crippen LogP contribution in [0.2, 0.25) is 0 Å². The molecule has 0 bridgehead atoms. The maximum absolute atomic E-state index is 13.3. The van der Waals surface area contributed by atoms with E-state index in [0.29, 0.717) is 42.8 Å². The first kappa shape index (κ1) is 19.1. The van der Waals surface area contributed by atoms with Crippen LogP contribution in [0.1, 0.15) is 49.5 Å². The number of anilines is 1. The Balaban J connectivity index is 1.31. The van der Waals surface area contributed by atoms with Crippen LogP contribution in [0.15, 0.2) is 41.5 Å². The molecule has 0 amide bonds. The fourth-order valence-electron chi connectivity index (χ4n) is 4.20. The molecule has 8 heteroatoms. The Kier molecular flexibility index (Phi) is 4.92. The molecule has 2 fully saturated rings. The van der Waals surface area contributed by atoms with Gasteiger partial charge in [0.25, 0.3) is 12.0 Å². The van der Waals surface area contributed by atoms with Gasteiger partial charge in [0, 0.05) is 37.0 Å². The van der Waals surface area contributed by atoms with Crippen LogP contribution in [0.3, 0.4) is 0 Å². The summed E-state index contributed by atoms with van der Waals surface area (Å²) in [7, 11) is 0. The van der Waals surface area contributed by atoms with Crippen molar-refractivity contribution in [2.45, 2.75) is 44.6 Å². The van der Waals surface area contributed by atoms with Crippen molar-refractivity contribution >= 4 is 16.7 Å². The standard InChI is InChI=1S/C22H23F2N5O/c23-20(24)21-26-17-4-2-1-3-16(17)22(27-21)28-9-7-14(8-10-28)12-29-13-25-18(11-19(29)30)15-5-6-15/h1-4,11,13-15,20H,5-10,12H2. The first-order valence-corrected chi connectivity index (χ1v) is 10.4. The first-order chi connectivity index (χ1) is 14.6. The molecule has 2 aromatic heterocycles. The third kappa shape index (κ3) is 3.78. The normalized spacial score (nSPS) is 17.8. The number of para-hydroxylation sites is 1. The summed E-state index contributed by atoms with van der Waals surface area (Å²) in [5.74, 6) is 0.952. The smallest absolute Gasteiger partial charge is 0.297 e. The molecule has 1 aromatic carbocycles. The summed E-state index contributed by atoms with van der Waals surface area (Å²) >= 11 is 0. The first-order valence-electron chi connectivity index (χ1n) is 10.4. The number of hydrogen-bond acceptors (Lipinski definition) is 5. The third-order valence-corrected chi connectivity index (χ3v) is 6.06. The minimum Gasteiger partial charge on any atom is -0.356 e. The summed E-state index contributed by atoms with van der Waals surface area (Å²) in [6.07, 6.45) is 2.94. The van der Waals surface area contributed by atoms with E-state index in [9.17, 15) is 13.6 Å². The Morgan fingerprint density at radius 2 is 1.83 bits per heavy atom. The molecule has 0 spiro atoms. The van der Waals surface area contributed by atoms with Gasteiger partial charge in [0.2, 0.25) is 0 Å². The van der Waals surface area contributed by atoms with Crippen LogP contribution in [-0.4, -0.2) is 32.6 Å². The zero-order valence-electron chi connectivity index (χ0n) is 16.5. The lowest BCUT2D eigenvalue weighted by molar-refractivity contribution is 0.141. The van der Waals surface area contributed by atoms with E-state index < -0.39 is 12.2 Å². The Labute approximate surface area is 172 Å². The van der Waals surface area contributed by atoms with Gasteiger partial charge in [-0.2, -0.15) is 0 Å². The number of nitrogens with zero attached hydrogens (tertiary/aromatic N) is 5. The molecule has 0 atom stereocenters. The van der Waals surface area contributed by atoms with Crippen molar-refractivity contribution in [1.82, 2.24) is 19.5 Å². The van der Waals surface area contributed by atoms with Gasteiger partial charge in [-0.05, 0) is 43.7 Å².